The van der Waals surface area contributed by atoms with E-state index in [1.807, 2.05) is 19.1 Å². The number of rotatable bonds is 6. The molecule has 0 bridgehead atoms. The van der Waals surface area contributed by atoms with Crippen molar-refractivity contribution >= 4 is 74.8 Å². The maximum Gasteiger partial charge on any atom is 0.335 e. The highest BCUT2D eigenvalue weighted by Crippen LogP contribution is 2.31. The van der Waals surface area contributed by atoms with E-state index in [1.54, 1.807) is 36.4 Å². The quantitative estimate of drug-likeness (QED) is 0.200. The largest absolute Gasteiger partial charge is 0.487 e. The Bertz CT molecular complexity index is 1320. The zero-order valence-corrected chi connectivity index (χ0v) is 22.8. The van der Waals surface area contributed by atoms with Crippen molar-refractivity contribution in [2.45, 2.75) is 20.0 Å². The fourth-order valence-corrected chi connectivity index (χ4v) is 5.60. The standard InChI is InChI=1S/C26H19FI2N2O4/c1-2-15-5-9-19(10-6-15)31-25(33)20(24(32)30-26(31)34)11-17-12-21(28)23(22(29)13-17)35-14-16-3-7-18(27)8-4-16/h3-13H,2,14H2,1H3,(H,30,32,34)/b20-11-. The van der Waals surface area contributed by atoms with Crippen LogP contribution in [0.3, 0.4) is 0 Å². The number of hydrogen-bond acceptors (Lipinski definition) is 4. The maximum absolute atomic E-state index is 13.1. The number of amides is 4. The molecular formula is C26H19FI2N2O4. The number of nitrogens with zero attached hydrogens (tertiary/aromatic N) is 1. The lowest BCUT2D eigenvalue weighted by molar-refractivity contribution is -0.122. The molecule has 0 aromatic heterocycles. The van der Waals surface area contributed by atoms with Gasteiger partial charge in [0.2, 0.25) is 0 Å². The Kier molecular flexibility index (Phi) is 7.85. The van der Waals surface area contributed by atoms with Crippen LogP contribution in [0.25, 0.3) is 6.08 Å². The van der Waals surface area contributed by atoms with Crippen LogP contribution in [0.15, 0.2) is 66.2 Å². The third-order valence-corrected chi connectivity index (χ3v) is 6.94. The molecule has 1 aliphatic rings. The van der Waals surface area contributed by atoms with Crippen LogP contribution in [-0.4, -0.2) is 17.8 Å². The number of aryl methyl sites for hydroxylation is 1. The summed E-state index contributed by atoms with van der Waals surface area (Å²) in [6.07, 6.45) is 2.29. The van der Waals surface area contributed by atoms with Crippen LogP contribution in [-0.2, 0) is 22.6 Å². The molecule has 4 amide bonds. The Morgan fingerprint density at radius 2 is 1.54 bits per heavy atom. The van der Waals surface area contributed by atoms with Crippen molar-refractivity contribution in [1.29, 1.82) is 0 Å². The van der Waals surface area contributed by atoms with E-state index in [2.05, 4.69) is 50.5 Å². The number of hydrogen-bond donors (Lipinski definition) is 1. The SMILES string of the molecule is CCc1ccc(N2C(=O)NC(=O)/C(=C/c3cc(I)c(OCc4ccc(F)cc4)c(I)c3)C2=O)cc1. The summed E-state index contributed by atoms with van der Waals surface area (Å²) >= 11 is 4.24. The summed E-state index contributed by atoms with van der Waals surface area (Å²) in [5, 5.41) is 2.24. The number of barbiturate groups is 1. The minimum atomic E-state index is -0.782. The first-order chi connectivity index (χ1) is 16.8. The predicted molar refractivity (Wildman–Crippen MR) is 147 cm³/mol. The number of halogens is 3. The maximum atomic E-state index is 13.1. The first kappa shape index (κ1) is 25.3. The number of anilines is 1. The average molecular weight is 696 g/mol. The van der Waals surface area contributed by atoms with Crippen molar-refractivity contribution in [3.8, 4) is 5.75 Å². The smallest absolute Gasteiger partial charge is 0.335 e. The van der Waals surface area contributed by atoms with E-state index in [0.29, 0.717) is 17.0 Å². The van der Waals surface area contributed by atoms with E-state index in [1.165, 1.54) is 18.2 Å². The molecule has 0 unspecified atom stereocenters. The van der Waals surface area contributed by atoms with Gasteiger partial charge in [0, 0.05) is 0 Å². The van der Waals surface area contributed by atoms with Gasteiger partial charge in [0.1, 0.15) is 23.7 Å². The fourth-order valence-electron chi connectivity index (χ4n) is 3.48. The van der Waals surface area contributed by atoms with Crippen LogP contribution < -0.4 is 15.0 Å². The number of urea groups is 1. The van der Waals surface area contributed by atoms with Gasteiger partial charge in [-0.15, -0.1) is 0 Å². The molecule has 3 aromatic carbocycles. The van der Waals surface area contributed by atoms with Gasteiger partial charge in [0.05, 0.1) is 12.8 Å². The van der Waals surface area contributed by atoms with E-state index < -0.39 is 17.8 Å². The Labute approximate surface area is 228 Å². The third kappa shape index (κ3) is 5.72. The van der Waals surface area contributed by atoms with Gasteiger partial charge in [-0.25, -0.2) is 14.1 Å². The average Bonchev–Trinajstić information content (AvgIpc) is 2.82. The molecule has 0 aliphatic carbocycles. The van der Waals surface area contributed by atoms with Crippen LogP contribution >= 0.6 is 45.2 Å². The molecule has 9 heteroatoms. The number of carbonyl (C=O) groups is 3. The van der Waals surface area contributed by atoms with Crippen molar-refractivity contribution in [2.24, 2.45) is 0 Å². The van der Waals surface area contributed by atoms with Crippen LogP contribution in [0, 0.1) is 13.0 Å². The zero-order chi connectivity index (χ0) is 25.1. The Morgan fingerprint density at radius 1 is 0.943 bits per heavy atom. The molecule has 1 fully saturated rings. The van der Waals surface area contributed by atoms with E-state index in [0.717, 1.165) is 29.6 Å². The van der Waals surface area contributed by atoms with Gasteiger partial charge in [-0.2, -0.15) is 0 Å². The Morgan fingerprint density at radius 3 is 2.14 bits per heavy atom. The highest BCUT2D eigenvalue weighted by atomic mass is 127. The summed E-state index contributed by atoms with van der Waals surface area (Å²) in [5.74, 6) is -1.10. The second kappa shape index (κ2) is 10.9. The first-order valence-corrected chi connectivity index (χ1v) is 12.8. The van der Waals surface area contributed by atoms with E-state index in [9.17, 15) is 18.8 Å². The molecule has 0 radical (unpaired) electrons. The van der Waals surface area contributed by atoms with Gasteiger partial charge in [-0.3, -0.25) is 14.9 Å². The topological polar surface area (TPSA) is 75.7 Å². The summed E-state index contributed by atoms with van der Waals surface area (Å²) in [5.41, 5.74) is 2.75. The van der Waals surface area contributed by atoms with Gasteiger partial charge in [-0.05, 0) is 111 Å². The van der Waals surface area contributed by atoms with E-state index >= 15 is 0 Å². The van der Waals surface area contributed by atoms with Crippen molar-refractivity contribution in [1.82, 2.24) is 5.32 Å². The van der Waals surface area contributed by atoms with Crippen LogP contribution in [0.5, 0.6) is 5.75 Å². The van der Waals surface area contributed by atoms with Crippen molar-refractivity contribution in [2.75, 3.05) is 4.90 Å². The minimum Gasteiger partial charge on any atom is -0.487 e. The molecule has 0 atom stereocenters. The van der Waals surface area contributed by atoms with Crippen molar-refractivity contribution in [3.05, 3.63) is 95.9 Å². The molecule has 4 rings (SSSR count). The van der Waals surface area contributed by atoms with Gasteiger partial charge < -0.3 is 4.74 Å². The monoisotopic (exact) mass is 696 g/mol. The van der Waals surface area contributed by atoms with Gasteiger partial charge in [0.25, 0.3) is 11.8 Å². The molecule has 3 aromatic rings. The molecule has 6 nitrogen and oxygen atoms in total. The number of benzene rings is 3. The van der Waals surface area contributed by atoms with Crippen molar-refractivity contribution < 1.29 is 23.5 Å². The summed E-state index contributed by atoms with van der Waals surface area (Å²) in [7, 11) is 0. The predicted octanol–water partition coefficient (Wildman–Crippen LogP) is 5.84. The summed E-state index contributed by atoms with van der Waals surface area (Å²) in [6.45, 7) is 2.27. The number of carbonyl (C=O) groups excluding carboxylic acids is 3. The minimum absolute atomic E-state index is 0.143. The summed E-state index contributed by atoms with van der Waals surface area (Å²) in [6, 6.07) is 15.9. The van der Waals surface area contributed by atoms with Crippen LogP contribution in [0.4, 0.5) is 14.9 Å². The van der Waals surface area contributed by atoms with Crippen LogP contribution in [0.1, 0.15) is 23.6 Å². The lowest BCUT2D eigenvalue weighted by Crippen LogP contribution is -2.54. The van der Waals surface area contributed by atoms with Gasteiger partial charge in [-0.1, -0.05) is 31.2 Å². The lowest BCUT2D eigenvalue weighted by Gasteiger charge is -2.26. The van der Waals surface area contributed by atoms with Crippen LogP contribution in [0.2, 0.25) is 0 Å². The number of ether oxygens (including phenoxy) is 1. The highest BCUT2D eigenvalue weighted by Gasteiger charge is 2.36. The summed E-state index contributed by atoms with van der Waals surface area (Å²) < 4.78 is 20.6. The fraction of sp³-hybridized carbons (Fsp3) is 0.115. The second-order valence-electron chi connectivity index (χ2n) is 7.71. The Balaban J connectivity index is 1.59. The lowest BCUT2D eigenvalue weighted by atomic mass is 10.1. The molecule has 1 N–H and O–H groups in total. The molecule has 35 heavy (non-hydrogen) atoms. The van der Waals surface area contributed by atoms with Crippen molar-refractivity contribution in [3.63, 3.8) is 0 Å². The molecule has 1 aliphatic heterocycles. The Hall–Kier alpha value is -2.80. The van der Waals surface area contributed by atoms with Gasteiger partial charge in [0.15, 0.2) is 0 Å². The molecule has 1 saturated heterocycles. The number of nitrogens with one attached hydrogen (secondary N) is 1. The molecule has 178 valence electrons. The summed E-state index contributed by atoms with van der Waals surface area (Å²) in [4.78, 5) is 39.1. The molecule has 1 heterocycles. The molecule has 0 saturated carbocycles. The highest BCUT2D eigenvalue weighted by molar-refractivity contribution is 14.1. The molecular weight excluding hydrogens is 677 g/mol. The second-order valence-corrected chi connectivity index (χ2v) is 10.0. The van der Waals surface area contributed by atoms with Gasteiger partial charge >= 0.3 is 6.03 Å². The molecule has 0 spiro atoms. The number of imide groups is 2. The first-order valence-electron chi connectivity index (χ1n) is 10.6. The van der Waals surface area contributed by atoms with E-state index in [4.69, 9.17) is 4.74 Å². The third-order valence-electron chi connectivity index (χ3n) is 5.33. The van der Waals surface area contributed by atoms with E-state index in [-0.39, 0.29) is 18.0 Å². The zero-order valence-electron chi connectivity index (χ0n) is 18.5. The normalized spacial score (nSPS) is 14.9.